The molecule has 86 valence electrons. The summed E-state index contributed by atoms with van der Waals surface area (Å²) in [6, 6.07) is 0. The molecule has 0 radical (unpaired) electrons. The molecule has 0 aliphatic heterocycles. The molecule has 14 heavy (non-hydrogen) atoms. The standard InChI is InChI=1S/C13H29N/c1-5-7-13(8-6-2)9-11(3)12(4)10-14/h11-13H,5-10,14H2,1-4H3. The van der Waals surface area contributed by atoms with Crippen LogP contribution in [0.4, 0.5) is 0 Å². The summed E-state index contributed by atoms with van der Waals surface area (Å²) in [4.78, 5) is 0. The van der Waals surface area contributed by atoms with Gasteiger partial charge in [-0.25, -0.2) is 0 Å². The molecule has 1 nitrogen and oxygen atoms in total. The fraction of sp³-hybridized carbons (Fsp3) is 1.00. The van der Waals surface area contributed by atoms with E-state index in [1.807, 2.05) is 0 Å². The maximum absolute atomic E-state index is 5.70. The SMILES string of the molecule is CCCC(CCC)CC(C)C(C)CN. The first-order chi connectivity index (χ1) is 6.65. The Morgan fingerprint density at radius 2 is 1.43 bits per heavy atom. The molecule has 0 aliphatic carbocycles. The van der Waals surface area contributed by atoms with Gasteiger partial charge in [-0.3, -0.25) is 0 Å². The van der Waals surface area contributed by atoms with Crippen molar-refractivity contribution in [2.24, 2.45) is 23.5 Å². The van der Waals surface area contributed by atoms with Gasteiger partial charge in [-0.15, -0.1) is 0 Å². The highest BCUT2D eigenvalue weighted by Crippen LogP contribution is 2.25. The third-order valence-electron chi connectivity index (χ3n) is 3.44. The van der Waals surface area contributed by atoms with E-state index in [1.54, 1.807) is 0 Å². The van der Waals surface area contributed by atoms with Crippen molar-refractivity contribution in [3.8, 4) is 0 Å². The number of hydrogen-bond acceptors (Lipinski definition) is 1. The third kappa shape index (κ3) is 5.64. The Kier molecular flexibility index (Phi) is 8.26. The average molecular weight is 199 g/mol. The Morgan fingerprint density at radius 3 is 1.79 bits per heavy atom. The van der Waals surface area contributed by atoms with E-state index in [4.69, 9.17) is 5.73 Å². The van der Waals surface area contributed by atoms with Crippen LogP contribution < -0.4 is 5.73 Å². The normalized spacial score (nSPS) is 15.9. The third-order valence-corrected chi connectivity index (χ3v) is 3.44. The van der Waals surface area contributed by atoms with Crippen LogP contribution in [0.3, 0.4) is 0 Å². The summed E-state index contributed by atoms with van der Waals surface area (Å²) >= 11 is 0. The zero-order valence-electron chi connectivity index (χ0n) is 10.6. The second-order valence-electron chi connectivity index (χ2n) is 4.87. The Balaban J connectivity index is 3.87. The molecule has 0 saturated carbocycles. The van der Waals surface area contributed by atoms with Gasteiger partial charge in [-0.1, -0.05) is 53.4 Å². The van der Waals surface area contributed by atoms with E-state index in [0.29, 0.717) is 5.92 Å². The predicted molar refractivity (Wildman–Crippen MR) is 65.3 cm³/mol. The van der Waals surface area contributed by atoms with Gasteiger partial charge in [0, 0.05) is 0 Å². The molecule has 0 amide bonds. The molecule has 0 aromatic carbocycles. The maximum Gasteiger partial charge on any atom is -0.00490 e. The van der Waals surface area contributed by atoms with Crippen LogP contribution in [0, 0.1) is 17.8 Å². The molecular formula is C13H29N. The zero-order chi connectivity index (χ0) is 11.0. The van der Waals surface area contributed by atoms with Crippen LogP contribution in [0.2, 0.25) is 0 Å². The van der Waals surface area contributed by atoms with E-state index in [2.05, 4.69) is 27.7 Å². The van der Waals surface area contributed by atoms with E-state index in [-0.39, 0.29) is 0 Å². The molecule has 0 saturated heterocycles. The van der Waals surface area contributed by atoms with Crippen molar-refractivity contribution in [1.82, 2.24) is 0 Å². The molecule has 2 unspecified atom stereocenters. The molecule has 1 heteroatoms. The van der Waals surface area contributed by atoms with Gasteiger partial charge in [0.25, 0.3) is 0 Å². The highest BCUT2D eigenvalue weighted by Gasteiger charge is 2.16. The Labute approximate surface area is 90.5 Å². The van der Waals surface area contributed by atoms with Gasteiger partial charge in [0.05, 0.1) is 0 Å². The summed E-state index contributed by atoms with van der Waals surface area (Å²) in [6.45, 7) is 10.1. The van der Waals surface area contributed by atoms with Crippen LogP contribution in [0.25, 0.3) is 0 Å². The Morgan fingerprint density at radius 1 is 0.929 bits per heavy atom. The van der Waals surface area contributed by atoms with E-state index in [9.17, 15) is 0 Å². The largest absolute Gasteiger partial charge is 0.330 e. The van der Waals surface area contributed by atoms with E-state index >= 15 is 0 Å². The van der Waals surface area contributed by atoms with Gasteiger partial charge < -0.3 is 5.73 Å². The highest BCUT2D eigenvalue weighted by molar-refractivity contribution is 4.68. The van der Waals surface area contributed by atoms with Crippen molar-refractivity contribution in [1.29, 1.82) is 0 Å². The van der Waals surface area contributed by atoms with Crippen molar-refractivity contribution in [3.63, 3.8) is 0 Å². The predicted octanol–water partition coefficient (Wildman–Crippen LogP) is 3.82. The molecule has 2 N–H and O–H groups in total. The minimum Gasteiger partial charge on any atom is -0.330 e. The summed E-state index contributed by atoms with van der Waals surface area (Å²) in [5.74, 6) is 2.42. The average Bonchev–Trinajstić information content (AvgIpc) is 2.17. The van der Waals surface area contributed by atoms with Gasteiger partial charge >= 0.3 is 0 Å². The van der Waals surface area contributed by atoms with Crippen LogP contribution in [-0.4, -0.2) is 6.54 Å². The summed E-state index contributed by atoms with van der Waals surface area (Å²) < 4.78 is 0. The zero-order valence-corrected chi connectivity index (χ0v) is 10.6. The maximum atomic E-state index is 5.70. The van der Waals surface area contributed by atoms with Crippen molar-refractivity contribution >= 4 is 0 Å². The molecule has 2 atom stereocenters. The molecule has 0 spiro atoms. The second-order valence-corrected chi connectivity index (χ2v) is 4.87. The number of rotatable bonds is 8. The Hall–Kier alpha value is -0.0400. The summed E-state index contributed by atoms with van der Waals surface area (Å²) in [5, 5.41) is 0. The van der Waals surface area contributed by atoms with E-state index in [0.717, 1.165) is 18.4 Å². The fourth-order valence-electron chi connectivity index (χ4n) is 2.19. The van der Waals surface area contributed by atoms with Crippen LogP contribution in [0.5, 0.6) is 0 Å². The molecular weight excluding hydrogens is 170 g/mol. The van der Waals surface area contributed by atoms with E-state index in [1.165, 1.54) is 32.1 Å². The lowest BCUT2D eigenvalue weighted by Crippen LogP contribution is -2.20. The van der Waals surface area contributed by atoms with Gasteiger partial charge in [-0.2, -0.15) is 0 Å². The van der Waals surface area contributed by atoms with Gasteiger partial charge in [0.2, 0.25) is 0 Å². The number of nitrogens with two attached hydrogens (primary N) is 1. The minimum atomic E-state index is 0.686. The van der Waals surface area contributed by atoms with Gasteiger partial charge in [0.1, 0.15) is 0 Å². The molecule has 0 rings (SSSR count). The monoisotopic (exact) mass is 199 g/mol. The molecule has 0 fully saturated rings. The van der Waals surface area contributed by atoms with Crippen molar-refractivity contribution < 1.29 is 0 Å². The molecule has 0 bridgehead atoms. The minimum absolute atomic E-state index is 0.686. The van der Waals surface area contributed by atoms with Gasteiger partial charge in [0.15, 0.2) is 0 Å². The highest BCUT2D eigenvalue weighted by atomic mass is 14.5. The first-order valence-corrected chi connectivity index (χ1v) is 6.35. The molecule has 0 aromatic heterocycles. The lowest BCUT2D eigenvalue weighted by Gasteiger charge is -2.24. The second kappa shape index (κ2) is 8.28. The first kappa shape index (κ1) is 14.0. The van der Waals surface area contributed by atoms with Gasteiger partial charge in [-0.05, 0) is 30.7 Å². The lowest BCUT2D eigenvalue weighted by atomic mass is 9.83. The fourth-order valence-corrected chi connectivity index (χ4v) is 2.19. The van der Waals surface area contributed by atoms with Crippen LogP contribution in [0.1, 0.15) is 59.8 Å². The number of hydrogen-bond donors (Lipinski definition) is 1. The summed E-state index contributed by atoms with van der Waals surface area (Å²) in [7, 11) is 0. The van der Waals surface area contributed by atoms with Crippen LogP contribution in [-0.2, 0) is 0 Å². The van der Waals surface area contributed by atoms with E-state index < -0.39 is 0 Å². The molecule has 0 heterocycles. The quantitative estimate of drug-likeness (QED) is 0.632. The van der Waals surface area contributed by atoms with Crippen LogP contribution in [0.15, 0.2) is 0 Å². The lowest BCUT2D eigenvalue weighted by molar-refractivity contribution is 0.283. The first-order valence-electron chi connectivity index (χ1n) is 6.35. The Bertz CT molecular complexity index is 116. The van der Waals surface area contributed by atoms with Crippen molar-refractivity contribution in [2.45, 2.75) is 59.8 Å². The molecule has 0 aromatic rings. The van der Waals surface area contributed by atoms with Crippen molar-refractivity contribution in [3.05, 3.63) is 0 Å². The smallest absolute Gasteiger partial charge is 0.00490 e. The van der Waals surface area contributed by atoms with Crippen LogP contribution >= 0.6 is 0 Å². The topological polar surface area (TPSA) is 26.0 Å². The molecule has 0 aliphatic rings. The summed E-state index contributed by atoms with van der Waals surface area (Å²) in [5.41, 5.74) is 5.70. The van der Waals surface area contributed by atoms with Crippen molar-refractivity contribution in [2.75, 3.05) is 6.54 Å². The summed E-state index contributed by atoms with van der Waals surface area (Å²) in [6.07, 6.45) is 6.83.